The van der Waals surface area contributed by atoms with Gasteiger partial charge in [0.2, 0.25) is 0 Å². The predicted octanol–water partition coefficient (Wildman–Crippen LogP) is 2.96. The number of hydrogen-bond donors (Lipinski definition) is 1. The van der Waals surface area contributed by atoms with Crippen LogP contribution in [0.4, 0.5) is 0 Å². The van der Waals surface area contributed by atoms with Crippen molar-refractivity contribution >= 4 is 15.9 Å². The Bertz CT molecular complexity index is 176. The molecule has 0 aromatic rings. The second-order valence-electron chi connectivity index (χ2n) is 2.17. The van der Waals surface area contributed by atoms with Crippen molar-refractivity contribution in [2.75, 3.05) is 6.54 Å². The molecule has 1 nitrogen and oxygen atoms in total. The molecule has 0 amide bonds. The summed E-state index contributed by atoms with van der Waals surface area (Å²) in [5.41, 5.74) is 0.942. The molecule has 0 aliphatic rings. The fourth-order valence-corrected chi connectivity index (χ4v) is 0.735. The molecule has 0 aromatic heterocycles. The molecule has 2 heteroatoms. The van der Waals surface area contributed by atoms with E-state index in [1.54, 1.807) is 0 Å². The van der Waals surface area contributed by atoms with E-state index in [-0.39, 0.29) is 0 Å². The van der Waals surface area contributed by atoms with E-state index in [0.29, 0.717) is 0 Å². The summed E-state index contributed by atoms with van der Waals surface area (Å²) in [6.07, 6.45) is 5.87. The standard InChI is InChI=1S/C9H14BrN/c1-4-11-9(3)7-5-6-8(2)10/h5-7,11H,3-4H2,1-2H3/b7-5-,8-6+. The summed E-state index contributed by atoms with van der Waals surface area (Å²) >= 11 is 3.32. The van der Waals surface area contributed by atoms with Crippen LogP contribution < -0.4 is 5.32 Å². The summed E-state index contributed by atoms with van der Waals surface area (Å²) in [5.74, 6) is 0. The van der Waals surface area contributed by atoms with Crippen molar-refractivity contribution in [3.8, 4) is 0 Å². The van der Waals surface area contributed by atoms with Crippen molar-refractivity contribution in [2.45, 2.75) is 13.8 Å². The Kier molecular flexibility index (Phi) is 5.94. The molecular formula is C9H14BrN. The third-order valence-corrected chi connectivity index (χ3v) is 1.29. The highest BCUT2D eigenvalue weighted by Crippen LogP contribution is 2.01. The fourth-order valence-electron chi connectivity index (χ4n) is 0.583. The van der Waals surface area contributed by atoms with Gasteiger partial charge >= 0.3 is 0 Å². The van der Waals surface area contributed by atoms with Crippen LogP contribution in [0.25, 0.3) is 0 Å². The van der Waals surface area contributed by atoms with Gasteiger partial charge in [-0.1, -0.05) is 34.7 Å². The highest BCUT2D eigenvalue weighted by atomic mass is 79.9. The molecule has 0 aliphatic heterocycles. The first kappa shape index (κ1) is 10.5. The van der Waals surface area contributed by atoms with Crippen molar-refractivity contribution in [2.24, 2.45) is 0 Å². The first-order valence-corrected chi connectivity index (χ1v) is 4.39. The summed E-state index contributed by atoms with van der Waals surface area (Å²) in [4.78, 5) is 0. The number of allylic oxidation sites excluding steroid dienone is 4. The Balaban J connectivity index is 3.74. The van der Waals surface area contributed by atoms with Gasteiger partial charge in [-0.25, -0.2) is 0 Å². The number of hydrogen-bond acceptors (Lipinski definition) is 1. The van der Waals surface area contributed by atoms with Crippen molar-refractivity contribution in [1.82, 2.24) is 5.32 Å². The van der Waals surface area contributed by atoms with E-state index in [4.69, 9.17) is 0 Å². The monoisotopic (exact) mass is 215 g/mol. The minimum Gasteiger partial charge on any atom is -0.386 e. The van der Waals surface area contributed by atoms with E-state index in [0.717, 1.165) is 16.7 Å². The maximum atomic E-state index is 3.80. The molecule has 0 heterocycles. The van der Waals surface area contributed by atoms with Crippen LogP contribution >= 0.6 is 15.9 Å². The van der Waals surface area contributed by atoms with Gasteiger partial charge in [0.25, 0.3) is 0 Å². The van der Waals surface area contributed by atoms with E-state index >= 15 is 0 Å². The average Bonchev–Trinajstić information content (AvgIpc) is 1.87. The molecule has 11 heavy (non-hydrogen) atoms. The highest BCUT2D eigenvalue weighted by Gasteiger charge is 1.80. The van der Waals surface area contributed by atoms with Gasteiger partial charge < -0.3 is 5.32 Å². The third-order valence-electron chi connectivity index (χ3n) is 1.03. The predicted molar refractivity (Wildman–Crippen MR) is 54.6 cm³/mol. The summed E-state index contributed by atoms with van der Waals surface area (Å²) in [6, 6.07) is 0. The Morgan fingerprint density at radius 1 is 1.64 bits per heavy atom. The van der Waals surface area contributed by atoms with Gasteiger partial charge in [0.1, 0.15) is 0 Å². The molecule has 0 radical (unpaired) electrons. The van der Waals surface area contributed by atoms with Crippen LogP contribution in [0.15, 0.2) is 35.0 Å². The molecule has 0 bridgehead atoms. The van der Waals surface area contributed by atoms with Crippen molar-refractivity contribution in [3.05, 3.63) is 35.0 Å². The zero-order valence-corrected chi connectivity index (χ0v) is 8.61. The Morgan fingerprint density at radius 2 is 2.27 bits per heavy atom. The quantitative estimate of drug-likeness (QED) is 0.712. The molecule has 0 aliphatic carbocycles. The lowest BCUT2D eigenvalue weighted by molar-refractivity contribution is 0.883. The SMILES string of the molecule is C=C(/C=C\C=C(/C)Br)NCC. The molecule has 0 unspecified atom stereocenters. The zero-order chi connectivity index (χ0) is 8.69. The molecule has 0 saturated heterocycles. The summed E-state index contributed by atoms with van der Waals surface area (Å²) in [5, 5.41) is 3.09. The smallest absolute Gasteiger partial charge is 0.0266 e. The molecule has 0 saturated carbocycles. The van der Waals surface area contributed by atoms with Crippen LogP contribution in [0.2, 0.25) is 0 Å². The number of nitrogens with one attached hydrogen (secondary N) is 1. The van der Waals surface area contributed by atoms with Crippen molar-refractivity contribution in [1.29, 1.82) is 0 Å². The second kappa shape index (κ2) is 6.23. The molecule has 0 rings (SSSR count). The minimum atomic E-state index is 0.917. The van der Waals surface area contributed by atoms with E-state index in [1.165, 1.54) is 0 Å². The summed E-state index contributed by atoms with van der Waals surface area (Å²) < 4.78 is 1.11. The minimum absolute atomic E-state index is 0.917. The van der Waals surface area contributed by atoms with Gasteiger partial charge in [0.15, 0.2) is 0 Å². The summed E-state index contributed by atoms with van der Waals surface area (Å²) in [7, 11) is 0. The molecular weight excluding hydrogens is 202 g/mol. The molecule has 0 aromatic carbocycles. The lowest BCUT2D eigenvalue weighted by atomic mass is 10.4. The fraction of sp³-hybridized carbons (Fsp3) is 0.333. The molecule has 1 N–H and O–H groups in total. The van der Waals surface area contributed by atoms with E-state index in [1.807, 2.05) is 32.1 Å². The van der Waals surface area contributed by atoms with E-state index in [2.05, 4.69) is 27.8 Å². The van der Waals surface area contributed by atoms with E-state index < -0.39 is 0 Å². The molecule has 0 spiro atoms. The number of likely N-dealkylation sites (N-methyl/N-ethyl adjacent to an activating group) is 1. The molecule has 62 valence electrons. The van der Waals surface area contributed by atoms with Crippen molar-refractivity contribution in [3.63, 3.8) is 0 Å². The van der Waals surface area contributed by atoms with Crippen LogP contribution in [-0.2, 0) is 0 Å². The van der Waals surface area contributed by atoms with Gasteiger partial charge in [-0.05, 0) is 24.4 Å². The number of halogens is 1. The topological polar surface area (TPSA) is 12.0 Å². The van der Waals surface area contributed by atoms with Gasteiger partial charge in [-0.15, -0.1) is 0 Å². The maximum absolute atomic E-state index is 3.80. The molecule has 0 fully saturated rings. The maximum Gasteiger partial charge on any atom is 0.0266 e. The Labute approximate surface area is 77.0 Å². The second-order valence-corrected chi connectivity index (χ2v) is 3.42. The lowest BCUT2D eigenvalue weighted by Crippen LogP contribution is -2.08. The lowest BCUT2D eigenvalue weighted by Gasteiger charge is -1.98. The van der Waals surface area contributed by atoms with Crippen LogP contribution in [0.1, 0.15) is 13.8 Å². The van der Waals surface area contributed by atoms with Gasteiger partial charge in [-0.3, -0.25) is 0 Å². The normalized spacial score (nSPS) is 12.1. The van der Waals surface area contributed by atoms with Crippen molar-refractivity contribution < 1.29 is 0 Å². The number of rotatable bonds is 4. The average molecular weight is 216 g/mol. The van der Waals surface area contributed by atoms with Crippen LogP contribution in [0.5, 0.6) is 0 Å². The first-order chi connectivity index (χ1) is 5.16. The zero-order valence-electron chi connectivity index (χ0n) is 7.02. The Morgan fingerprint density at radius 3 is 2.73 bits per heavy atom. The van der Waals surface area contributed by atoms with E-state index in [9.17, 15) is 0 Å². The summed E-state index contributed by atoms with van der Waals surface area (Å²) in [6.45, 7) is 8.75. The van der Waals surface area contributed by atoms with Gasteiger partial charge in [-0.2, -0.15) is 0 Å². The van der Waals surface area contributed by atoms with Crippen LogP contribution in [-0.4, -0.2) is 6.54 Å². The van der Waals surface area contributed by atoms with Crippen LogP contribution in [0.3, 0.4) is 0 Å². The van der Waals surface area contributed by atoms with Crippen LogP contribution in [0, 0.1) is 0 Å². The van der Waals surface area contributed by atoms with Gasteiger partial charge in [0, 0.05) is 12.2 Å². The first-order valence-electron chi connectivity index (χ1n) is 3.60. The van der Waals surface area contributed by atoms with Gasteiger partial charge in [0.05, 0.1) is 0 Å². The Hall–Kier alpha value is -0.500. The molecule has 0 atom stereocenters. The highest BCUT2D eigenvalue weighted by molar-refractivity contribution is 9.11. The third kappa shape index (κ3) is 7.40. The largest absolute Gasteiger partial charge is 0.386 e.